The smallest absolute Gasteiger partial charge is 0.338 e. The molecule has 3 rings (SSSR count). The minimum absolute atomic E-state index is 0.0719. The Morgan fingerprint density at radius 3 is 1.29 bits per heavy atom. The van der Waals surface area contributed by atoms with Gasteiger partial charge in [-0.2, -0.15) is 0 Å². The van der Waals surface area contributed by atoms with Crippen molar-refractivity contribution in [3.63, 3.8) is 0 Å². The molecule has 3 aromatic carbocycles. The minimum atomic E-state index is -0.682. The van der Waals surface area contributed by atoms with Crippen LogP contribution in [-0.4, -0.2) is 37.0 Å². The van der Waals surface area contributed by atoms with E-state index in [4.69, 9.17) is 20.9 Å². The number of nitrogens with one attached hydrogen (secondary N) is 2. The molecule has 0 saturated carbocycles. The lowest BCUT2D eigenvalue weighted by atomic mass is 9.94. The Bertz CT molecular complexity index is 1220. The first-order valence-electron chi connectivity index (χ1n) is 12.0. The quantitative estimate of drug-likeness (QED) is 0.234. The monoisotopic (exact) mass is 518 g/mol. The molecule has 0 spiro atoms. The van der Waals surface area contributed by atoms with Gasteiger partial charge in [0.15, 0.2) is 0 Å². The topological polar surface area (TPSA) is 163 Å². The van der Waals surface area contributed by atoms with Crippen molar-refractivity contribution >= 4 is 46.5 Å². The highest BCUT2D eigenvalue weighted by molar-refractivity contribution is 6.01. The summed E-state index contributed by atoms with van der Waals surface area (Å²) in [5, 5.41) is 5.46. The highest BCUT2D eigenvalue weighted by Gasteiger charge is 2.23. The molecule has 3 aromatic rings. The van der Waals surface area contributed by atoms with Crippen LogP contribution < -0.4 is 22.1 Å². The van der Waals surface area contributed by atoms with Gasteiger partial charge in [-0.3, -0.25) is 9.59 Å². The van der Waals surface area contributed by atoms with E-state index in [1.54, 1.807) is 62.4 Å². The highest BCUT2D eigenvalue weighted by Crippen LogP contribution is 2.23. The summed E-state index contributed by atoms with van der Waals surface area (Å²) in [5.74, 6) is -2.22. The highest BCUT2D eigenvalue weighted by atomic mass is 16.5. The van der Waals surface area contributed by atoms with E-state index >= 15 is 0 Å². The molecule has 0 bridgehead atoms. The number of nitrogens with two attached hydrogens (primary N) is 2. The van der Waals surface area contributed by atoms with E-state index in [0.717, 1.165) is 0 Å². The maximum atomic E-state index is 12.8. The number of hydrogen-bond donors (Lipinski definition) is 4. The Labute approximate surface area is 220 Å². The van der Waals surface area contributed by atoms with Crippen LogP contribution in [0.3, 0.4) is 0 Å². The molecule has 0 aromatic heterocycles. The van der Waals surface area contributed by atoms with Crippen LogP contribution in [0.5, 0.6) is 0 Å². The molecule has 10 nitrogen and oxygen atoms in total. The van der Waals surface area contributed by atoms with Crippen LogP contribution in [0.15, 0.2) is 60.7 Å². The second-order valence-corrected chi connectivity index (χ2v) is 8.30. The fourth-order valence-electron chi connectivity index (χ4n) is 3.67. The number of carbonyl (C=O) groups is 4. The van der Waals surface area contributed by atoms with E-state index < -0.39 is 23.8 Å². The van der Waals surface area contributed by atoms with Crippen molar-refractivity contribution < 1.29 is 28.7 Å². The first-order valence-corrected chi connectivity index (χ1v) is 12.0. The maximum Gasteiger partial charge on any atom is 0.338 e. The molecule has 38 heavy (non-hydrogen) atoms. The van der Waals surface area contributed by atoms with Crippen molar-refractivity contribution in [2.45, 2.75) is 26.7 Å². The van der Waals surface area contributed by atoms with E-state index in [1.807, 2.05) is 0 Å². The van der Waals surface area contributed by atoms with E-state index in [1.165, 1.54) is 12.1 Å². The third kappa shape index (κ3) is 7.57. The van der Waals surface area contributed by atoms with Gasteiger partial charge < -0.3 is 31.6 Å². The van der Waals surface area contributed by atoms with Gasteiger partial charge >= 0.3 is 11.9 Å². The average Bonchev–Trinajstić information content (AvgIpc) is 2.87. The molecule has 0 fully saturated rings. The largest absolute Gasteiger partial charge is 0.462 e. The van der Waals surface area contributed by atoms with Gasteiger partial charge in [0, 0.05) is 22.7 Å². The van der Waals surface area contributed by atoms with Gasteiger partial charge in [-0.15, -0.1) is 0 Å². The van der Waals surface area contributed by atoms with E-state index in [9.17, 15) is 19.2 Å². The normalized spacial score (nSPS) is 10.4. The first-order chi connectivity index (χ1) is 18.2. The molecule has 2 amide bonds. The lowest BCUT2D eigenvalue weighted by molar-refractivity contribution is -0.116. The van der Waals surface area contributed by atoms with Gasteiger partial charge in [-0.05, 0) is 85.6 Å². The Morgan fingerprint density at radius 1 is 0.632 bits per heavy atom. The number of amides is 2. The molecule has 6 N–H and O–H groups in total. The van der Waals surface area contributed by atoms with Crippen LogP contribution in [0.25, 0.3) is 0 Å². The summed E-state index contributed by atoms with van der Waals surface area (Å²) < 4.78 is 10.4. The maximum absolute atomic E-state index is 12.8. The average molecular weight is 519 g/mol. The zero-order chi connectivity index (χ0) is 27.7. The lowest BCUT2D eigenvalue weighted by Gasteiger charge is -2.16. The second-order valence-electron chi connectivity index (χ2n) is 8.30. The molecule has 0 heterocycles. The lowest BCUT2D eigenvalue weighted by Crippen LogP contribution is -2.21. The minimum Gasteiger partial charge on any atom is -0.462 e. The van der Waals surface area contributed by atoms with Gasteiger partial charge in [-0.25, -0.2) is 9.59 Å². The van der Waals surface area contributed by atoms with Crippen LogP contribution in [-0.2, 0) is 31.9 Å². The van der Waals surface area contributed by atoms with E-state index in [2.05, 4.69) is 10.6 Å². The van der Waals surface area contributed by atoms with Crippen molar-refractivity contribution in [3.05, 3.63) is 82.9 Å². The molecule has 0 radical (unpaired) electrons. The number of rotatable bonds is 10. The number of benzene rings is 3. The third-order valence-corrected chi connectivity index (χ3v) is 5.41. The van der Waals surface area contributed by atoms with Crippen molar-refractivity contribution in [1.82, 2.24) is 0 Å². The first kappa shape index (κ1) is 27.7. The van der Waals surface area contributed by atoms with E-state index in [0.29, 0.717) is 22.7 Å². The second kappa shape index (κ2) is 12.9. The number of carbonyl (C=O) groups excluding carboxylic acids is 4. The number of hydrogen-bond acceptors (Lipinski definition) is 8. The van der Waals surface area contributed by atoms with Crippen LogP contribution in [0.4, 0.5) is 22.7 Å². The zero-order valence-corrected chi connectivity index (χ0v) is 21.2. The van der Waals surface area contributed by atoms with Crippen LogP contribution in [0.1, 0.15) is 45.7 Å². The van der Waals surface area contributed by atoms with Crippen molar-refractivity contribution in [1.29, 1.82) is 0 Å². The summed E-state index contributed by atoms with van der Waals surface area (Å²) in [6.45, 7) is 3.50. The van der Waals surface area contributed by atoms with E-state index in [-0.39, 0.29) is 48.3 Å². The fraction of sp³-hybridized carbons (Fsp3) is 0.214. The van der Waals surface area contributed by atoms with Crippen LogP contribution >= 0.6 is 0 Å². The van der Waals surface area contributed by atoms with Crippen molar-refractivity contribution in [2.75, 3.05) is 35.3 Å². The third-order valence-electron chi connectivity index (χ3n) is 5.41. The Hall–Kier alpha value is -4.86. The molecular weight excluding hydrogens is 488 g/mol. The summed E-state index contributed by atoms with van der Waals surface area (Å²) in [6, 6.07) is 15.9. The number of anilines is 4. The fourth-order valence-corrected chi connectivity index (χ4v) is 3.67. The predicted octanol–water partition coefficient (Wildman–Crippen LogP) is 3.57. The van der Waals surface area contributed by atoms with Crippen molar-refractivity contribution in [3.8, 4) is 0 Å². The molecule has 198 valence electrons. The summed E-state index contributed by atoms with van der Waals surface area (Å²) >= 11 is 0. The molecule has 10 heteroatoms. The Kier molecular flexibility index (Phi) is 9.42. The van der Waals surface area contributed by atoms with Crippen molar-refractivity contribution in [2.24, 2.45) is 0 Å². The summed E-state index contributed by atoms with van der Waals surface area (Å²) in [6.07, 6.45) is -0.467. The molecule has 0 aliphatic carbocycles. The Morgan fingerprint density at radius 2 is 0.974 bits per heavy atom. The Balaban J connectivity index is 1.95. The molecule has 0 unspecified atom stereocenters. The molecule has 0 atom stereocenters. The zero-order valence-electron chi connectivity index (χ0n) is 21.2. The van der Waals surface area contributed by atoms with Gasteiger partial charge in [0.05, 0.1) is 37.2 Å². The van der Waals surface area contributed by atoms with Crippen LogP contribution in [0.2, 0.25) is 0 Å². The predicted molar refractivity (Wildman–Crippen MR) is 145 cm³/mol. The standard InChI is InChI=1S/C28H30N4O6/c1-3-37-27(35)23-13-18(16-26(34)32-22-11-7-20(30)8-12-22)24(28(36)38-4-2)14-17(23)15-25(33)31-21-9-5-19(29)6-10-21/h5-14H,3-4,15-16,29-30H2,1-2H3,(H,31,33)(H,32,34). The molecule has 0 saturated heterocycles. The number of esters is 2. The summed E-state index contributed by atoms with van der Waals surface area (Å²) in [4.78, 5) is 51.3. The van der Waals surface area contributed by atoms with Crippen LogP contribution in [0, 0.1) is 0 Å². The summed E-state index contributed by atoms with van der Waals surface area (Å²) in [7, 11) is 0. The molecular formula is C28H30N4O6. The molecule has 0 aliphatic rings. The SMILES string of the molecule is CCOC(=O)c1cc(CC(=O)Nc2ccc(N)cc2)c(C(=O)OCC)cc1CC(=O)Nc1ccc(N)cc1. The van der Waals surface area contributed by atoms with Gasteiger partial charge in [0.25, 0.3) is 0 Å². The molecule has 0 aliphatic heterocycles. The summed E-state index contributed by atoms with van der Waals surface area (Å²) in [5.41, 5.74) is 14.1. The van der Waals surface area contributed by atoms with Gasteiger partial charge in [-0.1, -0.05) is 0 Å². The van der Waals surface area contributed by atoms with Gasteiger partial charge in [0.1, 0.15) is 0 Å². The number of nitrogen functional groups attached to an aromatic ring is 2. The number of ether oxygens (including phenoxy) is 2. The van der Waals surface area contributed by atoms with Gasteiger partial charge in [0.2, 0.25) is 11.8 Å².